The Morgan fingerprint density at radius 3 is 2.29 bits per heavy atom. The Hall–Kier alpha value is -0.610. The zero-order valence-electron chi connectivity index (χ0n) is 11.1. The van der Waals surface area contributed by atoms with Crippen molar-refractivity contribution in [3.05, 3.63) is 0 Å². The molecular formula is C13H25N3O. The summed E-state index contributed by atoms with van der Waals surface area (Å²) < 4.78 is 0. The summed E-state index contributed by atoms with van der Waals surface area (Å²) in [5.74, 6) is 0.188. The summed E-state index contributed by atoms with van der Waals surface area (Å²) in [6.07, 6.45) is 4.03. The lowest BCUT2D eigenvalue weighted by Gasteiger charge is -2.44. The fraction of sp³-hybridized carbons (Fsp3) is 0.923. The predicted molar refractivity (Wildman–Crippen MR) is 68.7 cm³/mol. The van der Waals surface area contributed by atoms with E-state index >= 15 is 0 Å². The summed E-state index contributed by atoms with van der Waals surface area (Å²) in [6.45, 7) is 8.16. The molecule has 17 heavy (non-hydrogen) atoms. The molecule has 2 rings (SSSR count). The zero-order chi connectivity index (χ0) is 12.5. The van der Waals surface area contributed by atoms with Crippen molar-refractivity contribution in [3.63, 3.8) is 0 Å². The molecule has 4 heteroatoms. The first-order valence-corrected chi connectivity index (χ1v) is 6.89. The molecule has 1 heterocycles. The lowest BCUT2D eigenvalue weighted by Crippen LogP contribution is -2.63. The molecule has 1 saturated heterocycles. The minimum Gasteiger partial charge on any atom is -0.339 e. The average Bonchev–Trinajstić information content (AvgIpc) is 2.34. The van der Waals surface area contributed by atoms with Gasteiger partial charge in [0.15, 0.2) is 0 Å². The molecule has 0 bridgehead atoms. The summed E-state index contributed by atoms with van der Waals surface area (Å²) in [5.41, 5.74) is 5.58. The Bertz CT molecular complexity index is 280. The molecule has 1 saturated carbocycles. The van der Waals surface area contributed by atoms with Crippen molar-refractivity contribution < 1.29 is 4.79 Å². The van der Waals surface area contributed by atoms with E-state index in [-0.39, 0.29) is 5.91 Å². The fourth-order valence-electron chi connectivity index (χ4n) is 2.71. The second-order valence-corrected chi connectivity index (χ2v) is 5.60. The molecule has 2 N–H and O–H groups in total. The molecule has 2 aliphatic rings. The second kappa shape index (κ2) is 4.94. The van der Waals surface area contributed by atoms with E-state index in [0.29, 0.717) is 6.04 Å². The number of carbonyl (C=O) groups is 1. The topological polar surface area (TPSA) is 49.6 Å². The number of amides is 1. The van der Waals surface area contributed by atoms with Crippen molar-refractivity contribution in [1.82, 2.24) is 9.80 Å². The van der Waals surface area contributed by atoms with Gasteiger partial charge in [-0.25, -0.2) is 0 Å². The third-order valence-electron chi connectivity index (χ3n) is 4.49. The van der Waals surface area contributed by atoms with E-state index in [1.807, 2.05) is 4.90 Å². The molecule has 4 nitrogen and oxygen atoms in total. The number of nitrogens with two attached hydrogens (primary N) is 1. The van der Waals surface area contributed by atoms with Gasteiger partial charge in [-0.2, -0.15) is 0 Å². The fourth-order valence-corrected chi connectivity index (χ4v) is 2.71. The Kier molecular flexibility index (Phi) is 3.73. The van der Waals surface area contributed by atoms with Gasteiger partial charge in [0.25, 0.3) is 0 Å². The van der Waals surface area contributed by atoms with E-state index < -0.39 is 5.54 Å². The van der Waals surface area contributed by atoms with Crippen LogP contribution < -0.4 is 5.73 Å². The molecule has 0 aromatic heterocycles. The Labute approximate surface area is 104 Å². The van der Waals surface area contributed by atoms with E-state index in [2.05, 4.69) is 18.7 Å². The van der Waals surface area contributed by atoms with E-state index in [0.717, 1.165) is 45.4 Å². The SMILES string of the molecule is CCC(C)N1CCN(C(=O)C2(N)CCC2)CC1. The first kappa shape index (κ1) is 12.8. The summed E-state index contributed by atoms with van der Waals surface area (Å²) in [7, 11) is 0. The smallest absolute Gasteiger partial charge is 0.242 e. The second-order valence-electron chi connectivity index (χ2n) is 5.60. The van der Waals surface area contributed by atoms with Crippen molar-refractivity contribution in [1.29, 1.82) is 0 Å². The number of carbonyl (C=O) groups excluding carboxylic acids is 1. The van der Waals surface area contributed by atoms with Gasteiger partial charge in [-0.05, 0) is 32.6 Å². The molecule has 0 radical (unpaired) electrons. The van der Waals surface area contributed by atoms with Crippen molar-refractivity contribution in [2.75, 3.05) is 26.2 Å². The van der Waals surface area contributed by atoms with E-state index in [4.69, 9.17) is 5.73 Å². The Morgan fingerprint density at radius 1 is 1.29 bits per heavy atom. The number of piperazine rings is 1. The summed E-state index contributed by atoms with van der Waals surface area (Å²) in [5, 5.41) is 0. The molecule has 1 aliphatic carbocycles. The van der Waals surface area contributed by atoms with Crippen molar-refractivity contribution in [2.24, 2.45) is 5.73 Å². The molecule has 0 aromatic carbocycles. The van der Waals surface area contributed by atoms with Gasteiger partial charge >= 0.3 is 0 Å². The van der Waals surface area contributed by atoms with Gasteiger partial charge in [-0.15, -0.1) is 0 Å². The molecule has 1 atom stereocenters. The van der Waals surface area contributed by atoms with Crippen LogP contribution in [0.2, 0.25) is 0 Å². The number of hydrogen-bond donors (Lipinski definition) is 1. The number of nitrogens with zero attached hydrogens (tertiary/aromatic N) is 2. The van der Waals surface area contributed by atoms with E-state index in [1.165, 1.54) is 6.42 Å². The summed E-state index contributed by atoms with van der Waals surface area (Å²) >= 11 is 0. The van der Waals surface area contributed by atoms with E-state index in [9.17, 15) is 4.79 Å². The van der Waals surface area contributed by atoms with Crippen LogP contribution in [0.5, 0.6) is 0 Å². The normalized spacial score (nSPS) is 26.4. The molecule has 1 amide bonds. The highest BCUT2D eigenvalue weighted by Gasteiger charge is 2.43. The third-order valence-corrected chi connectivity index (χ3v) is 4.49. The Morgan fingerprint density at radius 2 is 1.88 bits per heavy atom. The van der Waals surface area contributed by atoms with Crippen LogP contribution in [0.1, 0.15) is 39.5 Å². The van der Waals surface area contributed by atoms with E-state index in [1.54, 1.807) is 0 Å². The van der Waals surface area contributed by atoms with Crippen LogP contribution >= 0.6 is 0 Å². The summed E-state index contributed by atoms with van der Waals surface area (Å²) in [4.78, 5) is 16.7. The quantitative estimate of drug-likeness (QED) is 0.793. The zero-order valence-corrected chi connectivity index (χ0v) is 11.1. The van der Waals surface area contributed by atoms with Crippen molar-refractivity contribution in [3.8, 4) is 0 Å². The van der Waals surface area contributed by atoms with Gasteiger partial charge in [0.05, 0.1) is 5.54 Å². The molecule has 98 valence electrons. The highest BCUT2D eigenvalue weighted by atomic mass is 16.2. The molecule has 1 aliphatic heterocycles. The van der Waals surface area contributed by atoms with Gasteiger partial charge < -0.3 is 10.6 Å². The highest BCUT2D eigenvalue weighted by molar-refractivity contribution is 5.87. The van der Waals surface area contributed by atoms with Crippen LogP contribution in [0.25, 0.3) is 0 Å². The number of rotatable bonds is 3. The maximum atomic E-state index is 12.2. The van der Waals surface area contributed by atoms with Gasteiger partial charge in [0.2, 0.25) is 5.91 Å². The van der Waals surface area contributed by atoms with Crippen molar-refractivity contribution >= 4 is 5.91 Å². The molecule has 0 spiro atoms. The molecule has 1 unspecified atom stereocenters. The molecule has 0 aromatic rings. The first-order valence-electron chi connectivity index (χ1n) is 6.89. The molecule has 2 fully saturated rings. The van der Waals surface area contributed by atoms with Crippen LogP contribution in [-0.2, 0) is 4.79 Å². The van der Waals surface area contributed by atoms with Crippen LogP contribution in [0.15, 0.2) is 0 Å². The third kappa shape index (κ3) is 2.47. The lowest BCUT2D eigenvalue weighted by atomic mass is 9.76. The molecular weight excluding hydrogens is 214 g/mol. The maximum absolute atomic E-state index is 12.2. The lowest BCUT2D eigenvalue weighted by molar-refractivity contribution is -0.142. The minimum absolute atomic E-state index is 0.188. The van der Waals surface area contributed by atoms with Crippen LogP contribution in [0.3, 0.4) is 0 Å². The monoisotopic (exact) mass is 239 g/mol. The van der Waals surface area contributed by atoms with Gasteiger partial charge in [-0.3, -0.25) is 9.69 Å². The first-order chi connectivity index (χ1) is 8.07. The average molecular weight is 239 g/mol. The van der Waals surface area contributed by atoms with Gasteiger partial charge in [-0.1, -0.05) is 6.92 Å². The largest absolute Gasteiger partial charge is 0.339 e. The number of hydrogen-bond acceptors (Lipinski definition) is 3. The van der Waals surface area contributed by atoms with Crippen LogP contribution in [-0.4, -0.2) is 53.5 Å². The Balaban J connectivity index is 1.84. The standard InChI is InChI=1S/C13H25N3O/c1-3-11(2)15-7-9-16(10-8-15)12(17)13(14)5-4-6-13/h11H,3-10,14H2,1-2H3. The van der Waals surface area contributed by atoms with Crippen molar-refractivity contribution in [2.45, 2.75) is 51.1 Å². The highest BCUT2D eigenvalue weighted by Crippen LogP contribution is 2.31. The van der Waals surface area contributed by atoms with Gasteiger partial charge in [0, 0.05) is 32.2 Å². The van der Waals surface area contributed by atoms with Gasteiger partial charge in [0.1, 0.15) is 0 Å². The van der Waals surface area contributed by atoms with Crippen LogP contribution in [0, 0.1) is 0 Å². The maximum Gasteiger partial charge on any atom is 0.242 e. The van der Waals surface area contributed by atoms with Crippen LogP contribution in [0.4, 0.5) is 0 Å². The summed E-state index contributed by atoms with van der Waals surface area (Å²) in [6, 6.07) is 0.628. The predicted octanol–water partition coefficient (Wildman–Crippen LogP) is 0.811. The minimum atomic E-state index is -0.515.